The first-order chi connectivity index (χ1) is 10.1. The van der Waals surface area contributed by atoms with Crippen LogP contribution in [0.4, 0.5) is 11.6 Å². The van der Waals surface area contributed by atoms with Gasteiger partial charge in [0.05, 0.1) is 17.1 Å². The Morgan fingerprint density at radius 1 is 1.14 bits per heavy atom. The van der Waals surface area contributed by atoms with Crippen LogP contribution in [-0.4, -0.2) is 27.7 Å². The Balaban J connectivity index is 2.08. The van der Waals surface area contributed by atoms with Gasteiger partial charge in [0.15, 0.2) is 0 Å². The van der Waals surface area contributed by atoms with E-state index in [1.165, 1.54) is 0 Å². The van der Waals surface area contributed by atoms with Gasteiger partial charge in [-0.2, -0.15) is 0 Å². The number of aromatic nitrogens is 3. The van der Waals surface area contributed by atoms with Crippen molar-refractivity contribution in [3.63, 3.8) is 0 Å². The van der Waals surface area contributed by atoms with Crippen LogP contribution in [0.3, 0.4) is 0 Å². The van der Waals surface area contributed by atoms with Crippen molar-refractivity contribution >= 4 is 11.6 Å². The summed E-state index contributed by atoms with van der Waals surface area (Å²) in [7, 11) is 0. The zero-order chi connectivity index (χ0) is 15.2. The number of hydrogen-bond donors (Lipinski definition) is 1. The largest absolute Gasteiger partial charge is 0.382 e. The fourth-order valence-electron chi connectivity index (χ4n) is 2.24. The fraction of sp³-hybridized carbons (Fsp3) is 0.500. The standard InChI is InChI=1S/C16H24N4O/c1-5-21-10-6-9-20-11-13(3)18-16(20)19-15-8-7-12(2)17-14(15)4/h7-8,11H,5-6,9-10H2,1-4H3,(H,18,19). The van der Waals surface area contributed by atoms with Gasteiger partial charge in [0.25, 0.3) is 0 Å². The van der Waals surface area contributed by atoms with Crippen LogP contribution in [0.15, 0.2) is 18.3 Å². The van der Waals surface area contributed by atoms with Crippen LogP contribution in [0, 0.1) is 20.8 Å². The van der Waals surface area contributed by atoms with Crippen LogP contribution in [-0.2, 0) is 11.3 Å². The zero-order valence-electron chi connectivity index (χ0n) is 13.3. The number of rotatable bonds is 7. The normalized spacial score (nSPS) is 10.9. The summed E-state index contributed by atoms with van der Waals surface area (Å²) in [5.41, 5.74) is 4.01. The molecule has 0 unspecified atom stereocenters. The molecule has 0 radical (unpaired) electrons. The van der Waals surface area contributed by atoms with Gasteiger partial charge in [0, 0.05) is 31.6 Å². The monoisotopic (exact) mass is 288 g/mol. The first-order valence-corrected chi connectivity index (χ1v) is 7.43. The number of anilines is 2. The van der Waals surface area contributed by atoms with E-state index < -0.39 is 0 Å². The van der Waals surface area contributed by atoms with E-state index in [4.69, 9.17) is 4.74 Å². The van der Waals surface area contributed by atoms with E-state index in [0.29, 0.717) is 0 Å². The Morgan fingerprint density at radius 2 is 1.95 bits per heavy atom. The summed E-state index contributed by atoms with van der Waals surface area (Å²) in [5, 5.41) is 3.38. The number of hydrogen-bond acceptors (Lipinski definition) is 4. The van der Waals surface area contributed by atoms with Crippen LogP contribution < -0.4 is 5.32 Å². The summed E-state index contributed by atoms with van der Waals surface area (Å²) < 4.78 is 7.52. The topological polar surface area (TPSA) is 52.0 Å². The van der Waals surface area contributed by atoms with E-state index >= 15 is 0 Å². The molecular formula is C16H24N4O. The Labute approximate surface area is 126 Å². The molecule has 5 nitrogen and oxygen atoms in total. The molecule has 5 heteroatoms. The van der Waals surface area contributed by atoms with E-state index in [-0.39, 0.29) is 0 Å². The molecule has 21 heavy (non-hydrogen) atoms. The van der Waals surface area contributed by atoms with Crippen LogP contribution in [0.2, 0.25) is 0 Å². The number of nitrogens with zero attached hydrogens (tertiary/aromatic N) is 3. The maximum Gasteiger partial charge on any atom is 0.207 e. The lowest BCUT2D eigenvalue weighted by Crippen LogP contribution is -2.07. The summed E-state index contributed by atoms with van der Waals surface area (Å²) >= 11 is 0. The molecule has 0 saturated carbocycles. The predicted octanol–water partition coefficient (Wildman–Crippen LogP) is 3.37. The van der Waals surface area contributed by atoms with Crippen molar-refractivity contribution in [2.45, 2.75) is 40.7 Å². The molecule has 0 amide bonds. The smallest absolute Gasteiger partial charge is 0.207 e. The Bertz CT molecular complexity index is 592. The Kier molecular flexibility index (Phi) is 5.33. The minimum Gasteiger partial charge on any atom is -0.382 e. The van der Waals surface area contributed by atoms with Gasteiger partial charge < -0.3 is 14.6 Å². The molecule has 0 aromatic carbocycles. The van der Waals surface area contributed by atoms with Gasteiger partial charge in [-0.1, -0.05) is 0 Å². The average Bonchev–Trinajstić information content (AvgIpc) is 2.78. The second kappa shape index (κ2) is 7.22. The van der Waals surface area contributed by atoms with Crippen LogP contribution >= 0.6 is 0 Å². The minimum absolute atomic E-state index is 0.766. The SMILES string of the molecule is CCOCCCn1cc(C)nc1Nc1ccc(C)nc1C. The number of aryl methyl sites for hydroxylation is 4. The van der Waals surface area contributed by atoms with Crippen molar-refractivity contribution in [2.75, 3.05) is 18.5 Å². The van der Waals surface area contributed by atoms with E-state index in [2.05, 4.69) is 26.0 Å². The van der Waals surface area contributed by atoms with Crippen molar-refractivity contribution in [3.05, 3.63) is 35.4 Å². The molecule has 0 bridgehead atoms. The van der Waals surface area contributed by atoms with Gasteiger partial charge in [-0.05, 0) is 46.2 Å². The summed E-state index contributed by atoms with van der Waals surface area (Å²) in [6, 6.07) is 4.05. The van der Waals surface area contributed by atoms with Crippen molar-refractivity contribution in [1.82, 2.24) is 14.5 Å². The molecule has 114 valence electrons. The highest BCUT2D eigenvalue weighted by Gasteiger charge is 2.08. The molecule has 2 rings (SSSR count). The summed E-state index contributed by atoms with van der Waals surface area (Å²) in [6.45, 7) is 10.5. The van der Waals surface area contributed by atoms with Crippen molar-refractivity contribution in [3.8, 4) is 0 Å². The lowest BCUT2D eigenvalue weighted by molar-refractivity contribution is 0.142. The van der Waals surface area contributed by atoms with Gasteiger partial charge >= 0.3 is 0 Å². The highest BCUT2D eigenvalue weighted by atomic mass is 16.5. The zero-order valence-corrected chi connectivity index (χ0v) is 13.3. The minimum atomic E-state index is 0.766. The molecule has 0 aliphatic heterocycles. The second-order valence-corrected chi connectivity index (χ2v) is 5.16. The number of ether oxygens (including phenoxy) is 1. The molecule has 0 saturated heterocycles. The average molecular weight is 288 g/mol. The number of nitrogens with one attached hydrogen (secondary N) is 1. The summed E-state index contributed by atoms with van der Waals surface area (Å²) in [6.07, 6.45) is 3.04. The molecule has 0 atom stereocenters. The van der Waals surface area contributed by atoms with E-state index in [1.54, 1.807) is 0 Å². The van der Waals surface area contributed by atoms with Gasteiger partial charge in [0.1, 0.15) is 0 Å². The molecule has 2 aromatic heterocycles. The molecule has 0 spiro atoms. The molecule has 2 heterocycles. The van der Waals surface area contributed by atoms with Gasteiger partial charge in [0.2, 0.25) is 5.95 Å². The highest BCUT2D eigenvalue weighted by molar-refractivity contribution is 5.56. The predicted molar refractivity (Wildman–Crippen MR) is 85.1 cm³/mol. The first-order valence-electron chi connectivity index (χ1n) is 7.43. The molecule has 2 aromatic rings. The van der Waals surface area contributed by atoms with Crippen LogP contribution in [0.5, 0.6) is 0 Å². The second-order valence-electron chi connectivity index (χ2n) is 5.16. The summed E-state index contributed by atoms with van der Waals surface area (Å²) in [5.74, 6) is 0.859. The lowest BCUT2D eigenvalue weighted by atomic mass is 10.3. The van der Waals surface area contributed by atoms with Crippen LogP contribution in [0.25, 0.3) is 0 Å². The van der Waals surface area contributed by atoms with Crippen LogP contribution in [0.1, 0.15) is 30.4 Å². The number of pyridine rings is 1. The third kappa shape index (κ3) is 4.29. The maximum absolute atomic E-state index is 5.39. The summed E-state index contributed by atoms with van der Waals surface area (Å²) in [4.78, 5) is 9.02. The van der Waals surface area contributed by atoms with Gasteiger partial charge in [-0.15, -0.1) is 0 Å². The first kappa shape index (κ1) is 15.5. The molecule has 0 aliphatic rings. The number of imidazole rings is 1. The molecule has 0 aliphatic carbocycles. The van der Waals surface area contributed by atoms with Gasteiger partial charge in [-0.3, -0.25) is 4.98 Å². The van der Waals surface area contributed by atoms with Crippen molar-refractivity contribution in [2.24, 2.45) is 0 Å². The van der Waals surface area contributed by atoms with Crippen molar-refractivity contribution in [1.29, 1.82) is 0 Å². The van der Waals surface area contributed by atoms with E-state index in [1.807, 2.05) is 39.8 Å². The quantitative estimate of drug-likeness (QED) is 0.794. The Morgan fingerprint density at radius 3 is 2.67 bits per heavy atom. The van der Waals surface area contributed by atoms with E-state index in [0.717, 1.165) is 54.9 Å². The maximum atomic E-state index is 5.39. The van der Waals surface area contributed by atoms with Gasteiger partial charge in [-0.25, -0.2) is 4.98 Å². The molecule has 1 N–H and O–H groups in total. The molecule has 0 fully saturated rings. The fourth-order valence-corrected chi connectivity index (χ4v) is 2.24. The highest BCUT2D eigenvalue weighted by Crippen LogP contribution is 2.19. The third-order valence-electron chi connectivity index (χ3n) is 3.26. The third-order valence-corrected chi connectivity index (χ3v) is 3.26. The Hall–Kier alpha value is -1.88. The van der Waals surface area contributed by atoms with Crippen molar-refractivity contribution < 1.29 is 4.74 Å². The molecular weight excluding hydrogens is 264 g/mol. The lowest BCUT2D eigenvalue weighted by Gasteiger charge is -2.11. The van der Waals surface area contributed by atoms with E-state index in [9.17, 15) is 0 Å².